The SMILES string of the molecule is O=C(O)c1csc(C(=O)NCC(F)(F)C(F)F)n1. The Morgan fingerprint density at radius 2 is 2.11 bits per heavy atom. The lowest BCUT2D eigenvalue weighted by Crippen LogP contribution is -2.41. The molecular weight excluding hydrogens is 280 g/mol. The molecule has 2 N–H and O–H groups in total. The summed E-state index contributed by atoms with van der Waals surface area (Å²) in [5.74, 6) is -6.86. The summed E-state index contributed by atoms with van der Waals surface area (Å²) in [5, 5.41) is 10.7. The molecule has 10 heteroatoms. The van der Waals surface area contributed by atoms with Gasteiger partial charge in [0.1, 0.15) is 0 Å². The van der Waals surface area contributed by atoms with E-state index >= 15 is 0 Å². The molecule has 0 fully saturated rings. The van der Waals surface area contributed by atoms with Gasteiger partial charge >= 0.3 is 18.3 Å². The van der Waals surface area contributed by atoms with Gasteiger partial charge in [-0.3, -0.25) is 4.79 Å². The summed E-state index contributed by atoms with van der Waals surface area (Å²) < 4.78 is 48.5. The minimum absolute atomic E-state index is 0.391. The Balaban J connectivity index is 2.63. The molecule has 5 nitrogen and oxygen atoms in total. The highest BCUT2D eigenvalue weighted by molar-refractivity contribution is 7.11. The number of aromatic carboxylic acids is 1. The van der Waals surface area contributed by atoms with Crippen LogP contribution in [0.5, 0.6) is 0 Å². The molecule has 0 spiro atoms. The van der Waals surface area contributed by atoms with Crippen molar-refractivity contribution in [1.29, 1.82) is 0 Å². The number of carbonyl (C=O) groups is 2. The van der Waals surface area contributed by atoms with E-state index in [1.807, 2.05) is 0 Å². The molecule has 0 saturated heterocycles. The van der Waals surface area contributed by atoms with Gasteiger partial charge in [0.15, 0.2) is 10.7 Å². The molecule has 100 valence electrons. The molecule has 0 aromatic carbocycles. The van der Waals surface area contributed by atoms with Gasteiger partial charge < -0.3 is 10.4 Å². The summed E-state index contributed by atoms with van der Waals surface area (Å²) >= 11 is 0.609. The molecule has 0 unspecified atom stereocenters. The normalized spacial score (nSPS) is 11.6. The molecule has 18 heavy (non-hydrogen) atoms. The summed E-state index contributed by atoms with van der Waals surface area (Å²) in [6, 6.07) is 0. The number of amides is 1. The third kappa shape index (κ3) is 3.39. The van der Waals surface area contributed by atoms with Gasteiger partial charge in [-0.25, -0.2) is 18.6 Å². The molecule has 0 aliphatic rings. The van der Waals surface area contributed by atoms with Gasteiger partial charge in [-0.2, -0.15) is 8.78 Å². The molecule has 1 aromatic rings. The fourth-order valence-corrected chi connectivity index (χ4v) is 1.53. The largest absolute Gasteiger partial charge is 0.476 e. The topological polar surface area (TPSA) is 79.3 Å². The minimum atomic E-state index is -4.34. The Morgan fingerprint density at radius 1 is 1.50 bits per heavy atom. The van der Waals surface area contributed by atoms with Gasteiger partial charge in [-0.05, 0) is 0 Å². The van der Waals surface area contributed by atoms with Crippen LogP contribution in [0.4, 0.5) is 17.6 Å². The van der Waals surface area contributed by atoms with Crippen LogP contribution in [0.3, 0.4) is 0 Å². The first-order valence-corrected chi connectivity index (χ1v) is 5.25. The average Bonchev–Trinajstić information content (AvgIpc) is 2.75. The van der Waals surface area contributed by atoms with Crippen molar-refractivity contribution >= 4 is 23.2 Å². The van der Waals surface area contributed by atoms with Crippen LogP contribution in [-0.4, -0.2) is 40.9 Å². The van der Waals surface area contributed by atoms with E-state index in [4.69, 9.17) is 5.11 Å². The molecule has 1 rings (SSSR count). The molecule has 0 aliphatic carbocycles. The van der Waals surface area contributed by atoms with Crippen molar-refractivity contribution in [2.75, 3.05) is 6.54 Å². The van der Waals surface area contributed by atoms with Crippen LogP contribution in [0.25, 0.3) is 0 Å². The fraction of sp³-hybridized carbons (Fsp3) is 0.375. The first kappa shape index (κ1) is 14.4. The van der Waals surface area contributed by atoms with Crippen LogP contribution < -0.4 is 5.32 Å². The number of carboxylic acid groups (broad SMARTS) is 1. The van der Waals surface area contributed by atoms with Crippen molar-refractivity contribution in [3.05, 3.63) is 16.1 Å². The Hall–Kier alpha value is -1.71. The van der Waals surface area contributed by atoms with Crippen molar-refractivity contribution < 1.29 is 32.3 Å². The molecule has 0 saturated carbocycles. The zero-order valence-electron chi connectivity index (χ0n) is 8.49. The van der Waals surface area contributed by atoms with E-state index in [2.05, 4.69) is 4.98 Å². The van der Waals surface area contributed by atoms with Crippen LogP contribution >= 0.6 is 11.3 Å². The lowest BCUT2D eigenvalue weighted by molar-refractivity contribution is -0.123. The Labute approximate surface area is 101 Å². The molecule has 1 heterocycles. The van der Waals surface area contributed by atoms with Crippen LogP contribution in [0.1, 0.15) is 20.3 Å². The highest BCUT2D eigenvalue weighted by atomic mass is 32.1. The van der Waals surface area contributed by atoms with Crippen LogP contribution in [0.15, 0.2) is 5.38 Å². The monoisotopic (exact) mass is 286 g/mol. The van der Waals surface area contributed by atoms with Gasteiger partial charge in [0, 0.05) is 5.38 Å². The lowest BCUT2D eigenvalue weighted by Gasteiger charge is -2.14. The van der Waals surface area contributed by atoms with E-state index in [1.165, 1.54) is 0 Å². The maximum Gasteiger partial charge on any atom is 0.355 e. The lowest BCUT2D eigenvalue weighted by atomic mass is 10.3. The number of carbonyl (C=O) groups excluding carboxylic acids is 1. The van der Waals surface area contributed by atoms with Crippen molar-refractivity contribution in [3.63, 3.8) is 0 Å². The number of nitrogens with one attached hydrogen (secondary N) is 1. The molecule has 1 aromatic heterocycles. The number of carboxylic acids is 1. The van der Waals surface area contributed by atoms with E-state index < -0.39 is 41.5 Å². The Morgan fingerprint density at radius 3 is 2.56 bits per heavy atom. The third-order valence-corrected chi connectivity index (χ3v) is 2.56. The van der Waals surface area contributed by atoms with Crippen molar-refractivity contribution in [3.8, 4) is 0 Å². The van der Waals surface area contributed by atoms with Crippen LogP contribution in [0.2, 0.25) is 0 Å². The molecule has 0 aliphatic heterocycles. The maximum atomic E-state index is 12.5. The Bertz CT molecular complexity index is 463. The first-order chi connectivity index (χ1) is 8.24. The number of rotatable bonds is 5. The van der Waals surface area contributed by atoms with Crippen LogP contribution in [0, 0.1) is 0 Å². The molecule has 0 radical (unpaired) electrons. The second-order valence-corrected chi connectivity index (χ2v) is 3.95. The van der Waals surface area contributed by atoms with E-state index in [-0.39, 0.29) is 0 Å². The highest BCUT2D eigenvalue weighted by Gasteiger charge is 2.41. The summed E-state index contributed by atoms with van der Waals surface area (Å²) in [5.41, 5.74) is -0.425. The van der Waals surface area contributed by atoms with E-state index in [9.17, 15) is 27.2 Å². The molecule has 0 bridgehead atoms. The Kier molecular flexibility index (Phi) is 4.22. The molecular formula is C8H6F4N2O3S. The predicted octanol–water partition coefficient (Wildman–Crippen LogP) is 1.47. The maximum absolute atomic E-state index is 12.5. The fourth-order valence-electron chi connectivity index (χ4n) is 0.827. The summed E-state index contributed by atoms with van der Waals surface area (Å²) in [7, 11) is 0. The van der Waals surface area contributed by atoms with E-state index in [1.54, 1.807) is 5.32 Å². The van der Waals surface area contributed by atoms with Gasteiger partial charge in [0.2, 0.25) is 0 Å². The molecule has 1 amide bonds. The summed E-state index contributed by atoms with van der Waals surface area (Å²) in [6.07, 6.45) is -3.90. The van der Waals surface area contributed by atoms with E-state index in [0.29, 0.717) is 11.3 Å². The zero-order valence-corrected chi connectivity index (χ0v) is 9.31. The quantitative estimate of drug-likeness (QED) is 0.803. The van der Waals surface area contributed by atoms with Gasteiger partial charge in [-0.1, -0.05) is 0 Å². The van der Waals surface area contributed by atoms with Gasteiger partial charge in [0.25, 0.3) is 5.91 Å². The van der Waals surface area contributed by atoms with Crippen molar-refractivity contribution in [2.24, 2.45) is 0 Å². The summed E-state index contributed by atoms with van der Waals surface area (Å²) in [6.45, 7) is -1.55. The smallest absolute Gasteiger partial charge is 0.355 e. The van der Waals surface area contributed by atoms with E-state index in [0.717, 1.165) is 5.38 Å². The number of hydrogen-bond acceptors (Lipinski definition) is 4. The molecule has 0 atom stereocenters. The van der Waals surface area contributed by atoms with Crippen molar-refractivity contribution in [1.82, 2.24) is 10.3 Å². The third-order valence-electron chi connectivity index (χ3n) is 1.72. The summed E-state index contributed by atoms with van der Waals surface area (Å²) in [4.78, 5) is 25.0. The minimum Gasteiger partial charge on any atom is -0.476 e. The number of nitrogens with zero attached hydrogens (tertiary/aromatic N) is 1. The second-order valence-electron chi connectivity index (χ2n) is 3.09. The number of hydrogen-bond donors (Lipinski definition) is 2. The highest BCUT2D eigenvalue weighted by Crippen LogP contribution is 2.21. The first-order valence-electron chi connectivity index (χ1n) is 4.37. The number of halogens is 4. The van der Waals surface area contributed by atoms with Crippen molar-refractivity contribution in [2.45, 2.75) is 12.3 Å². The predicted molar refractivity (Wildman–Crippen MR) is 52.4 cm³/mol. The average molecular weight is 286 g/mol. The van der Waals surface area contributed by atoms with Gasteiger partial charge in [0.05, 0.1) is 6.54 Å². The number of alkyl halides is 4. The number of thiazole rings is 1. The van der Waals surface area contributed by atoms with Crippen LogP contribution in [-0.2, 0) is 0 Å². The second kappa shape index (κ2) is 5.29. The number of aromatic nitrogens is 1. The van der Waals surface area contributed by atoms with Gasteiger partial charge in [-0.15, -0.1) is 11.3 Å². The zero-order chi connectivity index (χ0) is 13.9. The standard InChI is InChI=1S/C8H6F4N2O3S/c9-7(10)8(11,12)2-13-4(15)5-14-3(1-18-5)6(16)17/h1,7H,2H2,(H,13,15)(H,16,17).